The number of nitrogens with zero attached hydrogens (tertiary/aromatic N) is 1. The van der Waals surface area contributed by atoms with Gasteiger partial charge in [0.2, 0.25) is 5.88 Å². The van der Waals surface area contributed by atoms with Gasteiger partial charge in [-0.05, 0) is 36.2 Å². The fraction of sp³-hybridized carbons (Fsp3) is 0.250. The second-order valence-electron chi connectivity index (χ2n) is 6.22. The summed E-state index contributed by atoms with van der Waals surface area (Å²) in [6, 6.07) is 11.2. The van der Waals surface area contributed by atoms with E-state index >= 15 is 0 Å². The zero-order chi connectivity index (χ0) is 21.2. The van der Waals surface area contributed by atoms with E-state index in [1.54, 1.807) is 19.1 Å². The Bertz CT molecular complexity index is 942. The van der Waals surface area contributed by atoms with Gasteiger partial charge < -0.3 is 19.5 Å². The first-order valence-electron chi connectivity index (χ1n) is 8.67. The lowest BCUT2D eigenvalue weighted by molar-refractivity contribution is -0.150. The second-order valence-corrected chi connectivity index (χ2v) is 6.22. The Kier molecular flexibility index (Phi) is 5.67. The predicted molar refractivity (Wildman–Crippen MR) is 95.6 cm³/mol. The quantitative estimate of drug-likeness (QED) is 0.528. The molecule has 0 aliphatic carbocycles. The molecule has 1 atom stereocenters. The largest absolute Gasteiger partial charge is 0.511 e. The molecule has 0 radical (unpaired) electrons. The monoisotopic (exact) mass is 411 g/mol. The van der Waals surface area contributed by atoms with Crippen LogP contribution in [0.25, 0.3) is 0 Å². The van der Waals surface area contributed by atoms with Crippen molar-refractivity contribution < 1.29 is 36.9 Å². The van der Waals surface area contributed by atoms with E-state index in [1.165, 1.54) is 41.3 Å². The number of benzene rings is 2. The highest BCUT2D eigenvalue weighted by molar-refractivity contribution is 5.67. The van der Waals surface area contributed by atoms with Crippen LogP contribution in [-0.2, 0) is 16.0 Å². The Labute approximate surface area is 163 Å². The molecule has 1 aliphatic heterocycles. The summed E-state index contributed by atoms with van der Waals surface area (Å²) in [6.45, 7) is 1.46. The van der Waals surface area contributed by atoms with E-state index in [0.29, 0.717) is 5.56 Å². The van der Waals surface area contributed by atoms with Gasteiger partial charge in [-0.2, -0.15) is 13.2 Å². The average molecular weight is 411 g/mol. The Morgan fingerprint density at radius 3 is 2.52 bits per heavy atom. The molecule has 2 aromatic carbocycles. The minimum Gasteiger partial charge on any atom is -0.477 e. The van der Waals surface area contributed by atoms with E-state index in [9.17, 15) is 22.4 Å². The molecule has 9 heteroatoms. The molecule has 0 amide bonds. The molecule has 29 heavy (non-hydrogen) atoms. The lowest BCUT2D eigenvalue weighted by atomic mass is 9.90. The summed E-state index contributed by atoms with van der Waals surface area (Å²) in [6.07, 6.45) is -6.72. The highest BCUT2D eigenvalue weighted by Gasteiger charge is 2.51. The van der Waals surface area contributed by atoms with Crippen LogP contribution >= 0.6 is 0 Å². The van der Waals surface area contributed by atoms with Gasteiger partial charge in [0.1, 0.15) is 11.7 Å². The van der Waals surface area contributed by atoms with Crippen molar-refractivity contribution in [2.24, 2.45) is 0 Å². The van der Waals surface area contributed by atoms with Crippen LogP contribution in [0, 0.1) is 5.82 Å². The van der Waals surface area contributed by atoms with Crippen molar-refractivity contribution in [2.75, 3.05) is 11.5 Å². The van der Waals surface area contributed by atoms with Gasteiger partial charge in [0.05, 0.1) is 13.2 Å². The van der Waals surface area contributed by atoms with Crippen molar-refractivity contribution in [3.8, 4) is 0 Å². The van der Waals surface area contributed by atoms with Crippen molar-refractivity contribution in [2.45, 2.75) is 25.6 Å². The number of halogens is 4. The molecule has 0 aromatic heterocycles. The van der Waals surface area contributed by atoms with Crippen LogP contribution in [0.4, 0.5) is 28.0 Å². The molecular weight excluding hydrogens is 394 g/mol. The standard InChI is InChI=1S/C20H17F4NO4/c1-2-28-18-17(29-19(26)27)16(20(22,23)24)14-8-3-4-9-15(14)25(18)11-12-6-5-7-13(21)10-12/h3-10,16H,2,11H2,1H3,(H,26,27). The van der Waals surface area contributed by atoms with Gasteiger partial charge in [0.15, 0.2) is 5.76 Å². The summed E-state index contributed by atoms with van der Waals surface area (Å²) in [5.41, 5.74) is 0.438. The third kappa shape index (κ3) is 4.28. The van der Waals surface area contributed by atoms with Crippen molar-refractivity contribution in [3.05, 3.63) is 77.1 Å². The number of fused-ring (bicyclic) bond motifs is 1. The molecule has 0 spiro atoms. The SMILES string of the molecule is CCOC1=C(OC(=O)O)C(C(F)(F)F)c2ccccc2N1Cc1cccc(F)c1. The highest BCUT2D eigenvalue weighted by Crippen LogP contribution is 2.50. The first kappa shape index (κ1) is 20.5. The van der Waals surface area contributed by atoms with E-state index < -0.39 is 29.8 Å². The molecule has 1 aliphatic rings. The Morgan fingerprint density at radius 1 is 1.17 bits per heavy atom. The minimum absolute atomic E-state index is 0.0335. The van der Waals surface area contributed by atoms with Crippen LogP contribution in [0.15, 0.2) is 60.2 Å². The maximum Gasteiger partial charge on any atom is 0.511 e. The molecular formula is C20H17F4NO4. The summed E-state index contributed by atoms with van der Waals surface area (Å²) >= 11 is 0. The number of carboxylic acid groups (broad SMARTS) is 1. The molecule has 2 aromatic rings. The van der Waals surface area contributed by atoms with E-state index in [-0.39, 0.29) is 30.3 Å². The molecule has 5 nitrogen and oxygen atoms in total. The first-order chi connectivity index (χ1) is 13.7. The smallest absolute Gasteiger partial charge is 0.477 e. The molecule has 0 saturated heterocycles. The summed E-state index contributed by atoms with van der Waals surface area (Å²) in [5.74, 6) is -4.08. The number of anilines is 1. The number of ether oxygens (including phenoxy) is 2. The molecule has 1 heterocycles. The van der Waals surface area contributed by atoms with Crippen LogP contribution in [-0.4, -0.2) is 24.0 Å². The summed E-state index contributed by atoms with van der Waals surface area (Å²) in [4.78, 5) is 12.5. The molecule has 154 valence electrons. The number of hydrogen-bond acceptors (Lipinski definition) is 4. The van der Waals surface area contributed by atoms with Crippen molar-refractivity contribution in [1.82, 2.24) is 0 Å². The van der Waals surface area contributed by atoms with E-state index in [0.717, 1.165) is 0 Å². The second kappa shape index (κ2) is 8.02. The fourth-order valence-corrected chi connectivity index (χ4v) is 3.27. The third-order valence-electron chi connectivity index (χ3n) is 4.29. The molecule has 1 unspecified atom stereocenters. The van der Waals surface area contributed by atoms with Crippen molar-refractivity contribution in [1.29, 1.82) is 0 Å². The van der Waals surface area contributed by atoms with Crippen LogP contribution in [0.3, 0.4) is 0 Å². The van der Waals surface area contributed by atoms with Crippen LogP contribution in [0.5, 0.6) is 0 Å². The lowest BCUT2D eigenvalue weighted by Crippen LogP contribution is -2.37. The van der Waals surface area contributed by atoms with Gasteiger partial charge in [0.25, 0.3) is 0 Å². The minimum atomic E-state index is -4.83. The van der Waals surface area contributed by atoms with Gasteiger partial charge in [-0.3, -0.25) is 0 Å². The molecule has 1 N–H and O–H groups in total. The van der Waals surface area contributed by atoms with Gasteiger partial charge in [-0.15, -0.1) is 0 Å². The number of alkyl halides is 3. The summed E-state index contributed by atoms with van der Waals surface area (Å²) in [7, 11) is 0. The molecule has 0 saturated carbocycles. The third-order valence-corrected chi connectivity index (χ3v) is 4.29. The average Bonchev–Trinajstić information content (AvgIpc) is 2.63. The normalized spacial score (nSPS) is 16.4. The number of allylic oxidation sites excluding steroid dienone is 1. The first-order valence-corrected chi connectivity index (χ1v) is 8.67. The summed E-state index contributed by atoms with van der Waals surface area (Å²) in [5, 5.41) is 9.05. The predicted octanol–water partition coefficient (Wildman–Crippen LogP) is 5.39. The van der Waals surface area contributed by atoms with Gasteiger partial charge in [-0.1, -0.05) is 30.3 Å². The van der Waals surface area contributed by atoms with Crippen LogP contribution in [0.2, 0.25) is 0 Å². The molecule has 3 rings (SSSR count). The number of rotatable bonds is 5. The van der Waals surface area contributed by atoms with E-state index in [1.807, 2.05) is 0 Å². The van der Waals surface area contributed by atoms with Crippen LogP contribution in [0.1, 0.15) is 24.0 Å². The fourth-order valence-electron chi connectivity index (χ4n) is 3.27. The van der Waals surface area contributed by atoms with Crippen molar-refractivity contribution >= 4 is 11.8 Å². The lowest BCUT2D eigenvalue weighted by Gasteiger charge is -2.38. The molecule has 0 fully saturated rings. The maximum absolute atomic E-state index is 13.9. The molecule has 0 bridgehead atoms. The van der Waals surface area contributed by atoms with Gasteiger partial charge in [0, 0.05) is 5.69 Å². The topological polar surface area (TPSA) is 59.0 Å². The zero-order valence-electron chi connectivity index (χ0n) is 15.2. The Hall–Kier alpha value is -3.23. The van der Waals surface area contributed by atoms with Gasteiger partial charge >= 0.3 is 12.3 Å². The van der Waals surface area contributed by atoms with E-state index in [2.05, 4.69) is 4.74 Å². The van der Waals surface area contributed by atoms with Gasteiger partial charge in [-0.25, -0.2) is 9.18 Å². The van der Waals surface area contributed by atoms with Crippen LogP contribution < -0.4 is 4.90 Å². The van der Waals surface area contributed by atoms with E-state index in [4.69, 9.17) is 9.84 Å². The summed E-state index contributed by atoms with van der Waals surface area (Å²) < 4.78 is 65.3. The highest BCUT2D eigenvalue weighted by atomic mass is 19.4. The number of carbonyl (C=O) groups is 1. The maximum atomic E-state index is 13.9. The Morgan fingerprint density at radius 2 is 1.90 bits per heavy atom. The zero-order valence-corrected chi connectivity index (χ0v) is 15.2. The van der Waals surface area contributed by atoms with Crippen molar-refractivity contribution in [3.63, 3.8) is 0 Å². The number of para-hydroxylation sites is 1. The Balaban J connectivity index is 2.22. The number of hydrogen-bond donors (Lipinski definition) is 1.